The second-order valence-electron chi connectivity index (χ2n) is 9.83. The number of carbonyl (C=O) groups excluding carboxylic acids is 2. The zero-order valence-corrected chi connectivity index (χ0v) is 22.9. The third-order valence-corrected chi connectivity index (χ3v) is 7.87. The SMILES string of the molecule is CN(Cc1ccc(-c2ccccc2S(N)(=O)=O)cn1)C(=O)[C@@H]1CCCC1C(=O)NCc1ccc(OC(F)(F)F)cc1. The van der Waals surface area contributed by atoms with E-state index in [1.165, 1.54) is 41.4 Å². The first-order valence-corrected chi connectivity index (χ1v) is 14.3. The van der Waals surface area contributed by atoms with Gasteiger partial charge in [-0.1, -0.05) is 42.8 Å². The van der Waals surface area contributed by atoms with Crippen molar-refractivity contribution >= 4 is 21.8 Å². The molecular weight excluding hydrogens is 561 g/mol. The van der Waals surface area contributed by atoms with Gasteiger partial charge in [0.15, 0.2) is 0 Å². The van der Waals surface area contributed by atoms with Crippen molar-refractivity contribution in [3.8, 4) is 16.9 Å². The van der Waals surface area contributed by atoms with E-state index in [9.17, 15) is 31.2 Å². The lowest BCUT2D eigenvalue weighted by molar-refractivity contribution is -0.274. The topological polar surface area (TPSA) is 132 Å². The minimum absolute atomic E-state index is 0.0140. The number of amides is 2. The Balaban J connectivity index is 1.34. The number of nitrogens with zero attached hydrogens (tertiary/aromatic N) is 2. The van der Waals surface area contributed by atoms with Crippen molar-refractivity contribution in [1.29, 1.82) is 0 Å². The van der Waals surface area contributed by atoms with E-state index in [0.29, 0.717) is 41.6 Å². The van der Waals surface area contributed by atoms with Gasteiger partial charge in [-0.15, -0.1) is 13.2 Å². The first-order valence-electron chi connectivity index (χ1n) is 12.8. The van der Waals surface area contributed by atoms with Crippen LogP contribution in [-0.4, -0.2) is 43.5 Å². The van der Waals surface area contributed by atoms with Crippen LogP contribution in [0.1, 0.15) is 30.5 Å². The standard InChI is InChI=1S/C28H29F3N4O5S/c1-35(17-20-12-11-19(16-33-20)22-5-2-3-8-25(22)41(32,38)39)27(37)24-7-4-6-23(24)26(36)34-15-18-9-13-21(14-10-18)40-28(29,30)31/h2-3,5,8-14,16,23-24H,4,6-7,15,17H2,1H3,(H,34,36)(H2,32,38,39)/t23?,24-/m1/s1. The summed E-state index contributed by atoms with van der Waals surface area (Å²) in [5.41, 5.74) is 2.15. The molecule has 218 valence electrons. The minimum atomic E-state index is -4.78. The highest BCUT2D eigenvalue weighted by atomic mass is 32.2. The molecule has 2 aromatic carbocycles. The lowest BCUT2D eigenvalue weighted by Crippen LogP contribution is -2.40. The molecule has 9 nitrogen and oxygen atoms in total. The fourth-order valence-corrected chi connectivity index (χ4v) is 5.69. The smallest absolute Gasteiger partial charge is 0.406 e. The van der Waals surface area contributed by atoms with Gasteiger partial charge in [0.25, 0.3) is 0 Å². The number of pyridine rings is 1. The zero-order chi connectivity index (χ0) is 29.8. The highest BCUT2D eigenvalue weighted by Crippen LogP contribution is 2.34. The highest BCUT2D eigenvalue weighted by Gasteiger charge is 2.39. The number of primary sulfonamides is 1. The maximum Gasteiger partial charge on any atom is 0.573 e. The molecule has 1 fully saturated rings. The van der Waals surface area contributed by atoms with Crippen LogP contribution in [0.3, 0.4) is 0 Å². The fraction of sp³-hybridized carbons (Fsp3) is 0.321. The number of hydrogen-bond donors (Lipinski definition) is 2. The Morgan fingerprint density at radius 1 is 1.05 bits per heavy atom. The zero-order valence-electron chi connectivity index (χ0n) is 22.1. The Kier molecular flexibility index (Phi) is 8.98. The van der Waals surface area contributed by atoms with E-state index in [4.69, 9.17) is 5.14 Å². The number of halogens is 3. The van der Waals surface area contributed by atoms with Gasteiger partial charge >= 0.3 is 6.36 Å². The number of sulfonamides is 1. The van der Waals surface area contributed by atoms with E-state index in [1.807, 2.05) is 0 Å². The van der Waals surface area contributed by atoms with Crippen LogP contribution in [0.2, 0.25) is 0 Å². The van der Waals surface area contributed by atoms with Gasteiger partial charge in [-0.05, 0) is 42.7 Å². The summed E-state index contributed by atoms with van der Waals surface area (Å²) in [5.74, 6) is -1.87. The molecule has 0 aliphatic heterocycles. The molecule has 3 aromatic rings. The maximum absolute atomic E-state index is 13.3. The van der Waals surface area contributed by atoms with E-state index < -0.39 is 28.2 Å². The molecule has 0 saturated heterocycles. The summed E-state index contributed by atoms with van der Waals surface area (Å²) in [6.07, 6.45) is -1.45. The summed E-state index contributed by atoms with van der Waals surface area (Å²) in [6, 6.07) is 14.9. The predicted molar refractivity (Wildman–Crippen MR) is 143 cm³/mol. The first-order chi connectivity index (χ1) is 19.3. The van der Waals surface area contributed by atoms with Crippen LogP contribution in [-0.2, 0) is 32.7 Å². The number of aromatic nitrogens is 1. The van der Waals surface area contributed by atoms with Crippen molar-refractivity contribution in [2.75, 3.05) is 7.05 Å². The minimum Gasteiger partial charge on any atom is -0.406 e. The Hall–Kier alpha value is -3.97. The molecule has 2 amide bonds. The number of nitrogens with one attached hydrogen (secondary N) is 1. The van der Waals surface area contributed by atoms with Gasteiger partial charge < -0.3 is 15.0 Å². The average molecular weight is 591 g/mol. The van der Waals surface area contributed by atoms with Gasteiger partial charge in [-0.25, -0.2) is 13.6 Å². The molecule has 13 heteroatoms. The largest absolute Gasteiger partial charge is 0.573 e. The van der Waals surface area contributed by atoms with Crippen molar-refractivity contribution in [2.24, 2.45) is 17.0 Å². The number of hydrogen-bond acceptors (Lipinski definition) is 6. The van der Waals surface area contributed by atoms with Gasteiger partial charge in [-0.2, -0.15) is 0 Å². The number of nitrogens with two attached hydrogens (primary N) is 1. The van der Waals surface area contributed by atoms with Crippen molar-refractivity contribution in [1.82, 2.24) is 15.2 Å². The van der Waals surface area contributed by atoms with Crippen LogP contribution in [0.15, 0.2) is 71.8 Å². The number of alkyl halides is 3. The molecule has 1 aromatic heterocycles. The number of benzene rings is 2. The molecule has 1 heterocycles. The Morgan fingerprint density at radius 3 is 2.37 bits per heavy atom. The van der Waals surface area contributed by atoms with E-state index >= 15 is 0 Å². The average Bonchev–Trinajstić information content (AvgIpc) is 3.41. The second kappa shape index (κ2) is 12.3. The van der Waals surface area contributed by atoms with E-state index in [2.05, 4.69) is 15.0 Å². The van der Waals surface area contributed by atoms with Gasteiger partial charge in [0.1, 0.15) is 5.75 Å². The van der Waals surface area contributed by atoms with E-state index in [-0.39, 0.29) is 35.5 Å². The highest BCUT2D eigenvalue weighted by molar-refractivity contribution is 7.89. The molecule has 0 spiro atoms. The summed E-state index contributed by atoms with van der Waals surface area (Å²) in [4.78, 5) is 32.1. The van der Waals surface area contributed by atoms with Crippen LogP contribution < -0.4 is 15.2 Å². The summed E-state index contributed by atoms with van der Waals surface area (Å²) in [7, 11) is -2.30. The summed E-state index contributed by atoms with van der Waals surface area (Å²) in [6.45, 7) is 0.288. The van der Waals surface area contributed by atoms with Crippen LogP contribution in [0.5, 0.6) is 5.75 Å². The van der Waals surface area contributed by atoms with E-state index in [1.54, 1.807) is 37.4 Å². The maximum atomic E-state index is 13.3. The fourth-order valence-electron chi connectivity index (χ4n) is 4.93. The van der Waals surface area contributed by atoms with Gasteiger partial charge in [0.05, 0.1) is 17.1 Å². The van der Waals surface area contributed by atoms with Crippen molar-refractivity contribution < 1.29 is 35.9 Å². The Morgan fingerprint density at radius 2 is 1.73 bits per heavy atom. The Bertz CT molecular complexity index is 1500. The van der Waals surface area contributed by atoms with Gasteiger partial charge in [-0.3, -0.25) is 14.6 Å². The third-order valence-electron chi connectivity index (χ3n) is 6.90. The van der Waals surface area contributed by atoms with Crippen LogP contribution in [0.25, 0.3) is 11.1 Å². The number of ether oxygens (including phenoxy) is 1. The molecular formula is C28H29F3N4O5S. The molecule has 1 saturated carbocycles. The Labute approximate surface area is 235 Å². The monoisotopic (exact) mass is 590 g/mol. The summed E-state index contributed by atoms with van der Waals surface area (Å²) in [5, 5.41) is 8.11. The van der Waals surface area contributed by atoms with Crippen LogP contribution in [0.4, 0.5) is 13.2 Å². The van der Waals surface area contributed by atoms with Gasteiger partial charge in [0, 0.05) is 42.8 Å². The van der Waals surface area contributed by atoms with Crippen LogP contribution >= 0.6 is 0 Å². The molecule has 1 unspecified atom stereocenters. The molecule has 4 rings (SSSR count). The first kappa shape index (κ1) is 30.0. The molecule has 0 radical (unpaired) electrons. The number of rotatable bonds is 9. The van der Waals surface area contributed by atoms with Crippen LogP contribution in [0, 0.1) is 11.8 Å². The molecule has 41 heavy (non-hydrogen) atoms. The van der Waals surface area contributed by atoms with Crippen molar-refractivity contribution in [3.63, 3.8) is 0 Å². The quantitative estimate of drug-likeness (QED) is 0.388. The number of carbonyl (C=O) groups is 2. The normalized spacial score (nSPS) is 17.2. The lowest BCUT2D eigenvalue weighted by atomic mass is 9.93. The van der Waals surface area contributed by atoms with Gasteiger partial charge in [0.2, 0.25) is 21.8 Å². The third kappa shape index (κ3) is 7.82. The second-order valence-corrected chi connectivity index (χ2v) is 11.4. The van der Waals surface area contributed by atoms with Crippen molar-refractivity contribution in [2.45, 2.75) is 43.6 Å². The van der Waals surface area contributed by atoms with E-state index in [0.717, 1.165) is 0 Å². The summed E-state index contributed by atoms with van der Waals surface area (Å²) < 4.78 is 64.7. The molecule has 3 N–H and O–H groups in total. The lowest BCUT2D eigenvalue weighted by Gasteiger charge is -2.24. The summed E-state index contributed by atoms with van der Waals surface area (Å²) >= 11 is 0. The molecule has 2 atom stereocenters. The molecule has 1 aliphatic carbocycles. The predicted octanol–water partition coefficient (Wildman–Crippen LogP) is 3.99. The molecule has 0 bridgehead atoms. The van der Waals surface area contributed by atoms with Crippen molar-refractivity contribution in [3.05, 3.63) is 78.1 Å². The molecule has 1 aliphatic rings.